The lowest BCUT2D eigenvalue weighted by Crippen LogP contribution is -1.98. The Morgan fingerprint density at radius 1 is 1.03 bits per heavy atom. The molecule has 0 radical (unpaired) electrons. The van der Waals surface area contributed by atoms with Crippen LogP contribution in [0.3, 0.4) is 0 Å². The van der Waals surface area contributed by atoms with Crippen LogP contribution >= 0.6 is 15.9 Å². The maximum absolute atomic E-state index is 13.0. The third-order valence-electron chi connectivity index (χ3n) is 5.37. The van der Waals surface area contributed by atoms with E-state index in [2.05, 4.69) is 15.9 Å². The molecule has 0 atom stereocenters. The number of halogens is 1. The molecule has 2 heterocycles. The van der Waals surface area contributed by atoms with Crippen LogP contribution in [0.15, 0.2) is 83.2 Å². The second kappa shape index (κ2) is 8.13. The van der Waals surface area contributed by atoms with Gasteiger partial charge in [0.25, 0.3) is 0 Å². The Morgan fingerprint density at radius 2 is 1.84 bits per heavy atom. The zero-order valence-corrected chi connectivity index (χ0v) is 19.1. The monoisotopic (exact) mass is 486 g/mol. The smallest absolute Gasteiger partial charge is 0.232 e. The number of allylic oxidation sites excluding steroid dienone is 1. The molecule has 1 aliphatic rings. The fourth-order valence-corrected chi connectivity index (χ4v) is 4.11. The summed E-state index contributed by atoms with van der Waals surface area (Å²) in [5.41, 5.74) is 5.00. The van der Waals surface area contributed by atoms with Gasteiger partial charge in [0.1, 0.15) is 17.2 Å². The van der Waals surface area contributed by atoms with Crippen molar-refractivity contribution in [2.24, 2.45) is 0 Å². The molecule has 5 rings (SSSR count). The molecule has 1 aromatic heterocycles. The molecule has 0 unspecified atom stereocenters. The SMILES string of the molecule is COc1ccc(-c2nn(-c3ccccc3)cc2/C=C2\Oc3ccc(Br)cc3C2=O)c(C)c1. The number of nitrogens with zero attached hydrogens (tertiary/aromatic N) is 2. The third kappa shape index (κ3) is 3.63. The lowest BCUT2D eigenvalue weighted by atomic mass is 10.0. The zero-order chi connectivity index (χ0) is 22.2. The number of aromatic nitrogens is 2. The summed E-state index contributed by atoms with van der Waals surface area (Å²) in [4.78, 5) is 13.0. The molecule has 0 spiro atoms. The summed E-state index contributed by atoms with van der Waals surface area (Å²) < 4.78 is 13.9. The Bertz CT molecular complexity index is 1370. The van der Waals surface area contributed by atoms with E-state index in [1.165, 1.54) is 0 Å². The maximum Gasteiger partial charge on any atom is 0.232 e. The summed E-state index contributed by atoms with van der Waals surface area (Å²) >= 11 is 3.42. The van der Waals surface area contributed by atoms with Crippen LogP contribution < -0.4 is 9.47 Å². The number of Topliss-reactive ketones (excluding diaryl/α,β-unsaturated/α-hetero) is 1. The Balaban J connectivity index is 1.64. The molecule has 32 heavy (non-hydrogen) atoms. The lowest BCUT2D eigenvalue weighted by Gasteiger charge is -2.07. The topological polar surface area (TPSA) is 53.4 Å². The van der Waals surface area contributed by atoms with Crippen LogP contribution in [0.5, 0.6) is 11.5 Å². The summed E-state index contributed by atoms with van der Waals surface area (Å²) in [6.07, 6.45) is 3.68. The van der Waals surface area contributed by atoms with E-state index in [9.17, 15) is 4.79 Å². The highest BCUT2D eigenvalue weighted by atomic mass is 79.9. The van der Waals surface area contributed by atoms with Crippen LogP contribution in [0.1, 0.15) is 21.5 Å². The van der Waals surface area contributed by atoms with Crippen LogP contribution in [0.2, 0.25) is 0 Å². The van der Waals surface area contributed by atoms with Gasteiger partial charge in [-0.25, -0.2) is 4.68 Å². The molecule has 6 heteroatoms. The predicted molar refractivity (Wildman–Crippen MR) is 127 cm³/mol. The molecule has 0 saturated carbocycles. The first kappa shape index (κ1) is 20.3. The van der Waals surface area contributed by atoms with E-state index in [0.717, 1.165) is 38.3 Å². The van der Waals surface area contributed by atoms with E-state index in [1.54, 1.807) is 25.3 Å². The van der Waals surface area contributed by atoms with E-state index < -0.39 is 0 Å². The van der Waals surface area contributed by atoms with Crippen molar-refractivity contribution in [1.82, 2.24) is 9.78 Å². The number of hydrogen-bond donors (Lipinski definition) is 0. The van der Waals surface area contributed by atoms with Gasteiger partial charge in [-0.1, -0.05) is 34.1 Å². The number of para-hydroxylation sites is 1. The molecular formula is C26H19BrN2O3. The molecule has 1 aliphatic heterocycles. The number of ketones is 1. The van der Waals surface area contributed by atoms with Gasteiger partial charge < -0.3 is 9.47 Å². The number of benzene rings is 3. The Labute approximate surface area is 194 Å². The van der Waals surface area contributed by atoms with Gasteiger partial charge >= 0.3 is 0 Å². The van der Waals surface area contributed by atoms with Crippen LogP contribution in [0, 0.1) is 6.92 Å². The molecule has 0 N–H and O–H groups in total. The van der Waals surface area contributed by atoms with Crippen molar-refractivity contribution in [1.29, 1.82) is 0 Å². The molecule has 0 bridgehead atoms. The fourth-order valence-electron chi connectivity index (χ4n) is 3.75. The second-order valence-electron chi connectivity index (χ2n) is 7.47. The summed E-state index contributed by atoms with van der Waals surface area (Å²) in [6, 6.07) is 21.1. The summed E-state index contributed by atoms with van der Waals surface area (Å²) in [7, 11) is 1.65. The van der Waals surface area contributed by atoms with Gasteiger partial charge in [-0.2, -0.15) is 5.10 Å². The van der Waals surface area contributed by atoms with Crippen LogP contribution in [0.4, 0.5) is 0 Å². The van der Waals surface area contributed by atoms with Crippen molar-refractivity contribution >= 4 is 27.8 Å². The molecule has 4 aromatic rings. The number of hydrogen-bond acceptors (Lipinski definition) is 4. The van der Waals surface area contributed by atoms with Crippen molar-refractivity contribution in [2.45, 2.75) is 6.92 Å². The van der Waals surface area contributed by atoms with Crippen LogP contribution in [-0.4, -0.2) is 22.7 Å². The van der Waals surface area contributed by atoms with Crippen molar-refractivity contribution < 1.29 is 14.3 Å². The Morgan fingerprint density at radius 3 is 2.59 bits per heavy atom. The minimum Gasteiger partial charge on any atom is -0.497 e. The van der Waals surface area contributed by atoms with Crippen LogP contribution in [0.25, 0.3) is 23.0 Å². The standard InChI is InChI=1S/C26H19BrN2O3/c1-16-12-20(31-2)9-10-21(16)25-17(15-29(28-25)19-6-4-3-5-7-19)13-24-26(30)22-14-18(27)8-11-23(22)32-24/h3-15H,1-2H3/b24-13-. The van der Waals surface area contributed by atoms with Crippen molar-refractivity contribution in [2.75, 3.05) is 7.11 Å². The first-order valence-corrected chi connectivity index (χ1v) is 10.9. The van der Waals surface area contributed by atoms with E-state index >= 15 is 0 Å². The Kier molecular flexibility index (Phi) is 5.15. The molecule has 0 fully saturated rings. The fraction of sp³-hybridized carbons (Fsp3) is 0.0769. The molecular weight excluding hydrogens is 468 g/mol. The number of aryl methyl sites for hydroxylation is 1. The van der Waals surface area contributed by atoms with Crippen LogP contribution in [-0.2, 0) is 0 Å². The molecule has 0 amide bonds. The highest BCUT2D eigenvalue weighted by molar-refractivity contribution is 9.10. The normalized spacial score (nSPS) is 13.8. The quantitative estimate of drug-likeness (QED) is 0.320. The minimum atomic E-state index is -0.147. The number of methoxy groups -OCH3 is 1. The van der Waals surface area contributed by atoms with Gasteiger partial charge in [0, 0.05) is 21.8 Å². The van der Waals surface area contributed by atoms with Crippen molar-refractivity contribution in [3.8, 4) is 28.4 Å². The van der Waals surface area contributed by atoms with E-state index in [1.807, 2.05) is 72.4 Å². The highest BCUT2D eigenvalue weighted by Crippen LogP contribution is 2.36. The molecule has 0 saturated heterocycles. The number of carbonyl (C=O) groups is 1. The second-order valence-corrected chi connectivity index (χ2v) is 8.39. The van der Waals surface area contributed by atoms with Crippen molar-refractivity contribution in [3.63, 3.8) is 0 Å². The van der Waals surface area contributed by atoms with E-state index in [0.29, 0.717) is 11.3 Å². The summed E-state index contributed by atoms with van der Waals surface area (Å²) in [5, 5.41) is 4.85. The number of fused-ring (bicyclic) bond motifs is 1. The van der Waals surface area contributed by atoms with Gasteiger partial charge in [0.05, 0.1) is 18.4 Å². The van der Waals surface area contributed by atoms with Crippen molar-refractivity contribution in [3.05, 3.63) is 99.8 Å². The van der Waals surface area contributed by atoms with Gasteiger partial charge in [-0.05, 0) is 67.1 Å². The maximum atomic E-state index is 13.0. The van der Waals surface area contributed by atoms with Gasteiger partial charge in [0.15, 0.2) is 5.76 Å². The van der Waals surface area contributed by atoms with E-state index in [-0.39, 0.29) is 11.5 Å². The minimum absolute atomic E-state index is 0.147. The molecule has 158 valence electrons. The number of rotatable bonds is 4. The summed E-state index contributed by atoms with van der Waals surface area (Å²) in [5.74, 6) is 1.47. The average Bonchev–Trinajstić information content (AvgIpc) is 3.36. The number of ether oxygens (including phenoxy) is 2. The number of carbonyl (C=O) groups excluding carboxylic acids is 1. The first-order valence-electron chi connectivity index (χ1n) is 10.1. The molecule has 0 aliphatic carbocycles. The third-order valence-corrected chi connectivity index (χ3v) is 5.86. The zero-order valence-electron chi connectivity index (χ0n) is 17.5. The largest absolute Gasteiger partial charge is 0.497 e. The first-order chi connectivity index (χ1) is 15.5. The highest BCUT2D eigenvalue weighted by Gasteiger charge is 2.28. The van der Waals surface area contributed by atoms with E-state index in [4.69, 9.17) is 14.6 Å². The average molecular weight is 487 g/mol. The van der Waals surface area contributed by atoms with Gasteiger partial charge in [-0.3, -0.25) is 4.79 Å². The molecule has 5 nitrogen and oxygen atoms in total. The molecule has 3 aromatic carbocycles. The Hall–Kier alpha value is -3.64. The van der Waals surface area contributed by atoms with Gasteiger partial charge in [-0.15, -0.1) is 0 Å². The predicted octanol–water partition coefficient (Wildman–Crippen LogP) is 6.24. The summed E-state index contributed by atoms with van der Waals surface area (Å²) in [6.45, 7) is 2.01. The lowest BCUT2D eigenvalue weighted by molar-refractivity contribution is 0.101. The van der Waals surface area contributed by atoms with Gasteiger partial charge in [0.2, 0.25) is 5.78 Å².